The van der Waals surface area contributed by atoms with E-state index in [1.807, 2.05) is 6.92 Å². The molecule has 0 heterocycles. The summed E-state index contributed by atoms with van der Waals surface area (Å²) in [6, 6.07) is 8.87. The lowest BCUT2D eigenvalue weighted by atomic mass is 9.81. The lowest BCUT2D eigenvalue weighted by molar-refractivity contribution is 0.340. The highest BCUT2D eigenvalue weighted by atomic mass is 16.5. The molecule has 2 rings (SSSR count). The molecule has 1 aromatic carbocycles. The number of hydrogen-bond donors (Lipinski definition) is 1. The average Bonchev–Trinajstić information content (AvgIpc) is 2.61. The third-order valence-electron chi connectivity index (χ3n) is 3.64. The van der Waals surface area contributed by atoms with Crippen molar-refractivity contribution in [1.29, 1.82) is 0 Å². The molecule has 1 fully saturated rings. The monoisotopic (exact) mass is 219 g/mol. The molecule has 0 radical (unpaired) electrons. The molecule has 88 valence electrons. The van der Waals surface area contributed by atoms with Crippen LogP contribution in [0.5, 0.6) is 5.75 Å². The second-order valence-corrected chi connectivity index (χ2v) is 5.02. The molecule has 2 unspecified atom stereocenters. The van der Waals surface area contributed by atoms with E-state index in [9.17, 15) is 0 Å². The lowest BCUT2D eigenvalue weighted by Gasteiger charge is -2.24. The summed E-state index contributed by atoms with van der Waals surface area (Å²) in [6.07, 6.45) is 3.44. The Labute approximate surface area is 97.8 Å². The molecule has 0 amide bonds. The number of rotatable bonds is 3. The smallest absolute Gasteiger partial charge is 0.119 e. The highest BCUT2D eigenvalue weighted by molar-refractivity contribution is 5.33. The lowest BCUT2D eigenvalue weighted by Crippen LogP contribution is -2.22. The first-order valence-electron chi connectivity index (χ1n) is 6.13. The molecule has 2 N–H and O–H groups in total. The van der Waals surface area contributed by atoms with Gasteiger partial charge in [-0.05, 0) is 49.3 Å². The fourth-order valence-corrected chi connectivity index (χ4v) is 2.67. The van der Waals surface area contributed by atoms with Crippen LogP contribution in [0.4, 0.5) is 0 Å². The molecule has 0 spiro atoms. The molecule has 2 atom stereocenters. The van der Waals surface area contributed by atoms with Crippen molar-refractivity contribution in [3.63, 3.8) is 0 Å². The highest BCUT2D eigenvalue weighted by Gasteiger charge is 2.34. The molecule has 1 aliphatic rings. The van der Waals surface area contributed by atoms with E-state index in [-0.39, 0.29) is 5.41 Å². The van der Waals surface area contributed by atoms with Gasteiger partial charge in [0.25, 0.3) is 0 Å². The molecule has 0 aromatic heterocycles. The van der Waals surface area contributed by atoms with Crippen LogP contribution in [-0.4, -0.2) is 12.6 Å². The standard InChI is InChI=1S/C14H21NO/c1-3-16-13-6-4-11(5-7-13)14(2)9-8-12(15)10-14/h4-7,12H,3,8-10,15H2,1-2H3. The fourth-order valence-electron chi connectivity index (χ4n) is 2.67. The zero-order valence-electron chi connectivity index (χ0n) is 10.2. The van der Waals surface area contributed by atoms with E-state index >= 15 is 0 Å². The van der Waals surface area contributed by atoms with E-state index in [2.05, 4.69) is 31.2 Å². The van der Waals surface area contributed by atoms with Crippen molar-refractivity contribution >= 4 is 0 Å². The van der Waals surface area contributed by atoms with Gasteiger partial charge in [-0.3, -0.25) is 0 Å². The molecule has 0 bridgehead atoms. The average molecular weight is 219 g/mol. The van der Waals surface area contributed by atoms with Crippen LogP contribution >= 0.6 is 0 Å². The van der Waals surface area contributed by atoms with Gasteiger partial charge in [-0.2, -0.15) is 0 Å². The summed E-state index contributed by atoms with van der Waals surface area (Å²) in [5, 5.41) is 0. The Morgan fingerprint density at radius 1 is 1.38 bits per heavy atom. The van der Waals surface area contributed by atoms with Crippen LogP contribution in [0, 0.1) is 0 Å². The highest BCUT2D eigenvalue weighted by Crippen LogP contribution is 2.40. The summed E-state index contributed by atoms with van der Waals surface area (Å²) in [7, 11) is 0. The molecule has 0 aliphatic heterocycles. The Hall–Kier alpha value is -1.02. The fraction of sp³-hybridized carbons (Fsp3) is 0.571. The zero-order chi connectivity index (χ0) is 11.6. The molecule has 2 heteroatoms. The van der Waals surface area contributed by atoms with Crippen LogP contribution in [0.25, 0.3) is 0 Å². The van der Waals surface area contributed by atoms with Gasteiger partial charge < -0.3 is 10.5 Å². The van der Waals surface area contributed by atoms with E-state index in [4.69, 9.17) is 10.5 Å². The first-order valence-corrected chi connectivity index (χ1v) is 6.13. The molecular formula is C14H21NO. The molecule has 0 saturated heterocycles. The Kier molecular flexibility index (Phi) is 3.20. The van der Waals surface area contributed by atoms with Crippen LogP contribution in [0.15, 0.2) is 24.3 Å². The maximum absolute atomic E-state index is 6.00. The molecular weight excluding hydrogens is 198 g/mol. The van der Waals surface area contributed by atoms with Gasteiger partial charge in [0.1, 0.15) is 5.75 Å². The SMILES string of the molecule is CCOc1ccc(C2(C)CCC(N)C2)cc1. The minimum absolute atomic E-state index is 0.268. The van der Waals surface area contributed by atoms with Crippen LogP contribution in [-0.2, 0) is 5.41 Å². The topological polar surface area (TPSA) is 35.2 Å². The number of nitrogens with two attached hydrogens (primary N) is 1. The maximum atomic E-state index is 6.00. The van der Waals surface area contributed by atoms with Gasteiger partial charge in [0, 0.05) is 6.04 Å². The predicted molar refractivity (Wildman–Crippen MR) is 66.8 cm³/mol. The van der Waals surface area contributed by atoms with Crippen molar-refractivity contribution in [2.24, 2.45) is 5.73 Å². The van der Waals surface area contributed by atoms with E-state index < -0.39 is 0 Å². The van der Waals surface area contributed by atoms with Crippen molar-refractivity contribution in [3.05, 3.63) is 29.8 Å². The number of benzene rings is 1. The number of ether oxygens (including phenoxy) is 1. The predicted octanol–water partition coefficient (Wildman–Crippen LogP) is 2.85. The van der Waals surface area contributed by atoms with Crippen LogP contribution in [0.3, 0.4) is 0 Å². The summed E-state index contributed by atoms with van der Waals surface area (Å²) in [5.74, 6) is 0.956. The van der Waals surface area contributed by atoms with Gasteiger partial charge >= 0.3 is 0 Å². The normalized spacial score (nSPS) is 29.3. The van der Waals surface area contributed by atoms with E-state index in [0.717, 1.165) is 25.2 Å². The molecule has 16 heavy (non-hydrogen) atoms. The van der Waals surface area contributed by atoms with E-state index in [1.54, 1.807) is 0 Å². The summed E-state index contributed by atoms with van der Waals surface area (Å²) in [5.41, 5.74) is 7.66. The summed E-state index contributed by atoms with van der Waals surface area (Å²) in [4.78, 5) is 0. The Bertz CT molecular complexity index is 346. The van der Waals surface area contributed by atoms with E-state index in [0.29, 0.717) is 6.04 Å². The third kappa shape index (κ3) is 2.22. The molecule has 1 aromatic rings. The first kappa shape index (κ1) is 11.5. The third-order valence-corrected chi connectivity index (χ3v) is 3.64. The Morgan fingerprint density at radius 2 is 2.06 bits per heavy atom. The molecule has 1 saturated carbocycles. The van der Waals surface area contributed by atoms with Crippen molar-refractivity contribution in [1.82, 2.24) is 0 Å². The molecule has 2 nitrogen and oxygen atoms in total. The van der Waals surface area contributed by atoms with Crippen LogP contribution in [0.1, 0.15) is 38.7 Å². The minimum atomic E-state index is 0.268. The Balaban J connectivity index is 2.15. The largest absolute Gasteiger partial charge is 0.494 e. The van der Waals surface area contributed by atoms with Gasteiger partial charge in [-0.15, -0.1) is 0 Å². The van der Waals surface area contributed by atoms with Crippen molar-refractivity contribution in [2.45, 2.75) is 44.6 Å². The van der Waals surface area contributed by atoms with Gasteiger partial charge in [-0.25, -0.2) is 0 Å². The quantitative estimate of drug-likeness (QED) is 0.848. The second kappa shape index (κ2) is 4.46. The first-order chi connectivity index (χ1) is 7.64. The van der Waals surface area contributed by atoms with Crippen molar-refractivity contribution in [2.75, 3.05) is 6.61 Å². The van der Waals surface area contributed by atoms with Gasteiger partial charge in [-0.1, -0.05) is 19.1 Å². The van der Waals surface area contributed by atoms with Gasteiger partial charge in [0.15, 0.2) is 0 Å². The van der Waals surface area contributed by atoms with Crippen LogP contribution in [0.2, 0.25) is 0 Å². The summed E-state index contributed by atoms with van der Waals surface area (Å²) < 4.78 is 5.45. The Morgan fingerprint density at radius 3 is 2.56 bits per heavy atom. The second-order valence-electron chi connectivity index (χ2n) is 5.02. The van der Waals surface area contributed by atoms with Crippen LogP contribution < -0.4 is 10.5 Å². The molecule has 1 aliphatic carbocycles. The summed E-state index contributed by atoms with van der Waals surface area (Å²) in [6.45, 7) is 5.04. The van der Waals surface area contributed by atoms with Crippen molar-refractivity contribution < 1.29 is 4.74 Å². The van der Waals surface area contributed by atoms with Gasteiger partial charge in [0.2, 0.25) is 0 Å². The van der Waals surface area contributed by atoms with Gasteiger partial charge in [0.05, 0.1) is 6.61 Å². The number of hydrogen-bond acceptors (Lipinski definition) is 2. The maximum Gasteiger partial charge on any atom is 0.119 e. The minimum Gasteiger partial charge on any atom is -0.494 e. The summed E-state index contributed by atoms with van der Waals surface area (Å²) >= 11 is 0. The van der Waals surface area contributed by atoms with Crippen molar-refractivity contribution in [3.8, 4) is 5.75 Å². The zero-order valence-corrected chi connectivity index (χ0v) is 10.2. The van der Waals surface area contributed by atoms with E-state index in [1.165, 1.54) is 12.0 Å².